The van der Waals surface area contributed by atoms with Gasteiger partial charge in [0.2, 0.25) is 11.9 Å². The number of imidazole rings is 1. The molecule has 0 saturated heterocycles. The zero-order chi connectivity index (χ0) is 16.2. The van der Waals surface area contributed by atoms with E-state index in [0.717, 1.165) is 23.1 Å². The van der Waals surface area contributed by atoms with E-state index in [1.165, 1.54) is 0 Å². The smallest absolute Gasteiger partial charge is 0.227 e. The number of hydrogen-bond acceptors (Lipinski definition) is 2. The number of para-hydroxylation sites is 2. The predicted octanol–water partition coefficient (Wildman–Crippen LogP) is 4.28. The highest BCUT2D eigenvalue weighted by molar-refractivity contribution is 6.31. The average Bonchev–Trinajstić information content (AvgIpc) is 2.91. The van der Waals surface area contributed by atoms with Crippen molar-refractivity contribution in [1.29, 1.82) is 0 Å². The number of hydrogen-bond donors (Lipinski definition) is 1. The standard InChI is InChI=1S/C18H18ClN3O/c1-2-22-16-10-6-5-9-15(16)20-18(22)21-17(23)12-11-13-7-3-4-8-14(13)19/h3-10H,2,11-12H2,1H3,(H,20,21,23). The molecule has 0 spiro atoms. The lowest BCUT2D eigenvalue weighted by molar-refractivity contribution is -0.116. The number of nitrogens with one attached hydrogen (secondary N) is 1. The molecule has 0 aliphatic carbocycles. The monoisotopic (exact) mass is 327 g/mol. The van der Waals surface area contributed by atoms with E-state index in [-0.39, 0.29) is 5.91 Å². The van der Waals surface area contributed by atoms with Crippen LogP contribution in [0.2, 0.25) is 5.02 Å². The van der Waals surface area contributed by atoms with Crippen LogP contribution in [0, 0.1) is 0 Å². The Kier molecular flexibility index (Phi) is 4.63. The maximum atomic E-state index is 12.2. The molecule has 3 aromatic rings. The summed E-state index contributed by atoms with van der Waals surface area (Å²) in [6, 6.07) is 15.5. The maximum absolute atomic E-state index is 12.2. The van der Waals surface area contributed by atoms with Crippen molar-refractivity contribution in [1.82, 2.24) is 9.55 Å². The van der Waals surface area contributed by atoms with Gasteiger partial charge in [-0.1, -0.05) is 41.9 Å². The summed E-state index contributed by atoms with van der Waals surface area (Å²) >= 11 is 6.12. The quantitative estimate of drug-likeness (QED) is 0.760. The molecule has 1 heterocycles. The molecule has 0 atom stereocenters. The fourth-order valence-corrected chi connectivity index (χ4v) is 2.86. The minimum absolute atomic E-state index is 0.0603. The number of halogens is 1. The summed E-state index contributed by atoms with van der Waals surface area (Å²) in [5.74, 6) is 0.535. The van der Waals surface area contributed by atoms with E-state index in [0.29, 0.717) is 23.8 Å². The summed E-state index contributed by atoms with van der Waals surface area (Å²) in [6.45, 7) is 2.79. The highest BCUT2D eigenvalue weighted by Gasteiger charge is 2.12. The van der Waals surface area contributed by atoms with Crippen LogP contribution in [0.1, 0.15) is 18.9 Å². The first kappa shape index (κ1) is 15.6. The predicted molar refractivity (Wildman–Crippen MR) is 93.8 cm³/mol. The molecule has 0 aliphatic rings. The van der Waals surface area contributed by atoms with Crippen molar-refractivity contribution in [2.24, 2.45) is 0 Å². The van der Waals surface area contributed by atoms with Crippen molar-refractivity contribution in [2.75, 3.05) is 5.32 Å². The molecule has 0 bridgehead atoms. The number of aryl methyl sites for hydroxylation is 2. The first-order chi connectivity index (χ1) is 11.2. The highest BCUT2D eigenvalue weighted by Crippen LogP contribution is 2.20. The van der Waals surface area contributed by atoms with Gasteiger partial charge in [0, 0.05) is 18.0 Å². The molecular formula is C18H18ClN3O. The van der Waals surface area contributed by atoms with Crippen LogP contribution in [0.25, 0.3) is 11.0 Å². The Morgan fingerprint density at radius 2 is 1.91 bits per heavy atom. The lowest BCUT2D eigenvalue weighted by Crippen LogP contribution is -2.16. The Balaban J connectivity index is 1.72. The third kappa shape index (κ3) is 3.37. The lowest BCUT2D eigenvalue weighted by atomic mass is 10.1. The first-order valence-electron chi connectivity index (χ1n) is 7.67. The lowest BCUT2D eigenvalue weighted by Gasteiger charge is -2.08. The number of carbonyl (C=O) groups excluding carboxylic acids is 1. The van der Waals surface area contributed by atoms with Gasteiger partial charge in [-0.25, -0.2) is 4.98 Å². The number of carbonyl (C=O) groups is 1. The van der Waals surface area contributed by atoms with Gasteiger partial charge in [-0.15, -0.1) is 0 Å². The molecule has 3 rings (SSSR count). The summed E-state index contributed by atoms with van der Waals surface area (Å²) in [5.41, 5.74) is 2.89. The van der Waals surface area contributed by atoms with Gasteiger partial charge in [0.1, 0.15) is 0 Å². The van der Waals surface area contributed by atoms with E-state index < -0.39 is 0 Å². The fraction of sp³-hybridized carbons (Fsp3) is 0.222. The van der Waals surface area contributed by atoms with Crippen molar-refractivity contribution in [3.05, 3.63) is 59.1 Å². The van der Waals surface area contributed by atoms with E-state index in [4.69, 9.17) is 11.6 Å². The van der Waals surface area contributed by atoms with Crippen molar-refractivity contribution in [2.45, 2.75) is 26.3 Å². The summed E-state index contributed by atoms with van der Waals surface area (Å²) in [5, 5.41) is 3.61. The zero-order valence-corrected chi connectivity index (χ0v) is 13.7. The third-order valence-corrected chi connectivity index (χ3v) is 4.17. The largest absolute Gasteiger partial charge is 0.310 e. The Labute approximate surface area is 140 Å². The normalized spacial score (nSPS) is 10.9. The minimum atomic E-state index is -0.0603. The minimum Gasteiger partial charge on any atom is -0.310 e. The van der Waals surface area contributed by atoms with Crippen molar-refractivity contribution >= 4 is 34.5 Å². The number of rotatable bonds is 5. The SMILES string of the molecule is CCn1c(NC(=O)CCc2ccccc2Cl)nc2ccccc21. The number of amides is 1. The average molecular weight is 328 g/mol. The Hall–Kier alpha value is -2.33. The van der Waals surface area contributed by atoms with Crippen molar-refractivity contribution < 1.29 is 4.79 Å². The zero-order valence-electron chi connectivity index (χ0n) is 12.9. The fourth-order valence-electron chi connectivity index (χ4n) is 2.63. The summed E-state index contributed by atoms with van der Waals surface area (Å²) in [4.78, 5) is 16.7. The van der Waals surface area contributed by atoms with Crippen LogP contribution in [0.5, 0.6) is 0 Å². The molecule has 5 heteroatoms. The van der Waals surface area contributed by atoms with E-state index >= 15 is 0 Å². The van der Waals surface area contributed by atoms with E-state index in [1.54, 1.807) is 0 Å². The summed E-state index contributed by atoms with van der Waals surface area (Å²) in [7, 11) is 0. The molecule has 0 unspecified atom stereocenters. The maximum Gasteiger partial charge on any atom is 0.227 e. The van der Waals surface area contributed by atoms with E-state index in [9.17, 15) is 4.79 Å². The van der Waals surface area contributed by atoms with Crippen LogP contribution in [-0.4, -0.2) is 15.5 Å². The molecule has 1 amide bonds. The number of benzene rings is 2. The molecule has 0 saturated carbocycles. The second-order valence-electron chi connectivity index (χ2n) is 5.31. The third-order valence-electron chi connectivity index (χ3n) is 3.80. The van der Waals surface area contributed by atoms with E-state index in [1.807, 2.05) is 60.0 Å². The van der Waals surface area contributed by atoms with Crippen LogP contribution in [0.4, 0.5) is 5.95 Å². The van der Waals surface area contributed by atoms with Crippen LogP contribution in [0.15, 0.2) is 48.5 Å². The molecule has 4 nitrogen and oxygen atoms in total. The van der Waals surface area contributed by atoms with Gasteiger partial charge < -0.3 is 4.57 Å². The van der Waals surface area contributed by atoms with Crippen LogP contribution >= 0.6 is 11.6 Å². The van der Waals surface area contributed by atoms with Crippen molar-refractivity contribution in [3.8, 4) is 0 Å². The molecule has 1 aromatic heterocycles. The number of anilines is 1. The molecule has 0 radical (unpaired) electrons. The molecule has 118 valence electrons. The van der Waals surface area contributed by atoms with Gasteiger partial charge in [0.25, 0.3) is 0 Å². The highest BCUT2D eigenvalue weighted by atomic mass is 35.5. The number of fused-ring (bicyclic) bond motifs is 1. The molecular weight excluding hydrogens is 310 g/mol. The molecule has 0 fully saturated rings. The number of nitrogens with zero attached hydrogens (tertiary/aromatic N) is 2. The van der Waals surface area contributed by atoms with E-state index in [2.05, 4.69) is 10.3 Å². The Morgan fingerprint density at radius 3 is 2.70 bits per heavy atom. The number of aromatic nitrogens is 2. The van der Waals surface area contributed by atoms with Gasteiger partial charge in [-0.3, -0.25) is 10.1 Å². The summed E-state index contributed by atoms with van der Waals surface area (Å²) in [6.07, 6.45) is 0.981. The van der Waals surface area contributed by atoms with Gasteiger partial charge in [-0.2, -0.15) is 0 Å². The van der Waals surface area contributed by atoms with Crippen LogP contribution in [-0.2, 0) is 17.8 Å². The Bertz CT molecular complexity index is 841. The van der Waals surface area contributed by atoms with Crippen LogP contribution < -0.4 is 5.32 Å². The second-order valence-corrected chi connectivity index (χ2v) is 5.72. The molecule has 2 aromatic carbocycles. The van der Waals surface area contributed by atoms with Gasteiger partial charge in [-0.05, 0) is 37.1 Å². The topological polar surface area (TPSA) is 46.9 Å². The molecule has 23 heavy (non-hydrogen) atoms. The second kappa shape index (κ2) is 6.84. The van der Waals surface area contributed by atoms with Gasteiger partial charge >= 0.3 is 0 Å². The van der Waals surface area contributed by atoms with Gasteiger partial charge in [0.15, 0.2) is 0 Å². The molecule has 1 N–H and O–H groups in total. The van der Waals surface area contributed by atoms with Crippen LogP contribution in [0.3, 0.4) is 0 Å². The van der Waals surface area contributed by atoms with Crippen molar-refractivity contribution in [3.63, 3.8) is 0 Å². The first-order valence-corrected chi connectivity index (χ1v) is 8.05. The van der Waals surface area contributed by atoms with Gasteiger partial charge in [0.05, 0.1) is 11.0 Å². The Morgan fingerprint density at radius 1 is 1.17 bits per heavy atom. The molecule has 0 aliphatic heterocycles. The summed E-state index contributed by atoms with van der Waals surface area (Å²) < 4.78 is 2.00.